The van der Waals surface area contributed by atoms with Crippen LogP contribution in [0.3, 0.4) is 0 Å². The van der Waals surface area contributed by atoms with Crippen LogP contribution in [0.15, 0.2) is 28.7 Å². The van der Waals surface area contributed by atoms with Gasteiger partial charge < -0.3 is 5.11 Å². The molecule has 0 saturated carbocycles. The fraction of sp³-hybridized carbons (Fsp3) is 0.562. The molecule has 3 nitrogen and oxygen atoms in total. The highest BCUT2D eigenvalue weighted by Crippen LogP contribution is 2.28. The van der Waals surface area contributed by atoms with Crippen molar-refractivity contribution >= 4 is 21.9 Å². The number of carboxylic acids is 1. The summed E-state index contributed by atoms with van der Waals surface area (Å²) >= 11 is 3.60. The fourth-order valence-corrected chi connectivity index (χ4v) is 3.42. The normalized spacial score (nSPS) is 21.6. The van der Waals surface area contributed by atoms with Crippen LogP contribution in [0, 0.1) is 11.8 Å². The first-order valence-corrected chi connectivity index (χ1v) is 8.03. The molecule has 1 aromatic rings. The Morgan fingerprint density at radius 3 is 2.95 bits per heavy atom. The van der Waals surface area contributed by atoms with Gasteiger partial charge in [-0.05, 0) is 42.9 Å². The first-order valence-electron chi connectivity index (χ1n) is 7.24. The smallest absolute Gasteiger partial charge is 0.303 e. The highest BCUT2D eigenvalue weighted by Gasteiger charge is 2.26. The van der Waals surface area contributed by atoms with Gasteiger partial charge in [0, 0.05) is 24.0 Å². The molecule has 0 aromatic heterocycles. The van der Waals surface area contributed by atoms with Crippen LogP contribution < -0.4 is 0 Å². The molecule has 1 aliphatic rings. The molecule has 1 saturated heterocycles. The third-order valence-electron chi connectivity index (χ3n) is 4.20. The number of carboxylic acid groups (broad SMARTS) is 1. The van der Waals surface area contributed by atoms with E-state index in [0.717, 1.165) is 30.5 Å². The van der Waals surface area contributed by atoms with E-state index in [-0.39, 0.29) is 12.3 Å². The third kappa shape index (κ3) is 4.32. The molecule has 0 spiro atoms. The Bertz CT molecular complexity index is 464. The van der Waals surface area contributed by atoms with Crippen LogP contribution in [0.2, 0.25) is 0 Å². The van der Waals surface area contributed by atoms with Crippen LogP contribution >= 0.6 is 15.9 Å². The first kappa shape index (κ1) is 15.5. The summed E-state index contributed by atoms with van der Waals surface area (Å²) in [6, 6.07) is 8.31. The standard InChI is InChI=1S/C16H22BrNO2/c1-12(9-16(19)20)13-6-4-8-18(10-13)11-14-5-2-3-7-15(14)17/h2-3,5,7,12-13H,4,6,8-11H2,1H3,(H,19,20). The zero-order valence-corrected chi connectivity index (χ0v) is 13.5. The summed E-state index contributed by atoms with van der Waals surface area (Å²) in [5.41, 5.74) is 1.30. The van der Waals surface area contributed by atoms with Gasteiger partial charge in [0.1, 0.15) is 0 Å². The SMILES string of the molecule is CC(CC(=O)O)C1CCCN(Cc2ccccc2Br)C1. The van der Waals surface area contributed by atoms with Gasteiger partial charge in [0.05, 0.1) is 0 Å². The van der Waals surface area contributed by atoms with E-state index in [1.165, 1.54) is 12.0 Å². The van der Waals surface area contributed by atoms with Gasteiger partial charge >= 0.3 is 5.97 Å². The lowest BCUT2D eigenvalue weighted by Crippen LogP contribution is -2.37. The number of aliphatic carboxylic acids is 1. The predicted molar refractivity (Wildman–Crippen MR) is 83.6 cm³/mol. The Morgan fingerprint density at radius 2 is 2.25 bits per heavy atom. The predicted octanol–water partition coefficient (Wildman–Crippen LogP) is 3.77. The molecule has 2 unspecified atom stereocenters. The molecule has 1 N–H and O–H groups in total. The van der Waals surface area contributed by atoms with Crippen LogP contribution in [-0.2, 0) is 11.3 Å². The number of carbonyl (C=O) groups is 1. The van der Waals surface area contributed by atoms with E-state index in [9.17, 15) is 4.79 Å². The number of likely N-dealkylation sites (tertiary alicyclic amines) is 1. The second-order valence-corrected chi connectivity index (χ2v) is 6.66. The van der Waals surface area contributed by atoms with Gasteiger partial charge in [-0.3, -0.25) is 9.69 Å². The number of nitrogens with zero attached hydrogens (tertiary/aromatic N) is 1. The van der Waals surface area contributed by atoms with E-state index >= 15 is 0 Å². The molecule has 0 aliphatic carbocycles. The maximum Gasteiger partial charge on any atom is 0.303 e. The van der Waals surface area contributed by atoms with Crippen molar-refractivity contribution in [2.45, 2.75) is 32.7 Å². The summed E-state index contributed by atoms with van der Waals surface area (Å²) < 4.78 is 1.15. The largest absolute Gasteiger partial charge is 0.481 e. The molecule has 110 valence electrons. The van der Waals surface area contributed by atoms with Crippen molar-refractivity contribution in [1.82, 2.24) is 4.90 Å². The van der Waals surface area contributed by atoms with Crippen molar-refractivity contribution < 1.29 is 9.90 Å². The van der Waals surface area contributed by atoms with E-state index in [4.69, 9.17) is 5.11 Å². The molecule has 1 heterocycles. The molecule has 2 atom stereocenters. The van der Waals surface area contributed by atoms with Gasteiger partial charge in [-0.2, -0.15) is 0 Å². The Kier molecular flexibility index (Phi) is 5.61. The van der Waals surface area contributed by atoms with Gasteiger partial charge in [0.25, 0.3) is 0 Å². The fourth-order valence-electron chi connectivity index (χ4n) is 3.01. The number of piperidine rings is 1. The molecule has 0 radical (unpaired) electrons. The lowest BCUT2D eigenvalue weighted by atomic mass is 9.84. The third-order valence-corrected chi connectivity index (χ3v) is 4.97. The molecule has 0 amide bonds. The highest BCUT2D eigenvalue weighted by molar-refractivity contribution is 9.10. The second kappa shape index (κ2) is 7.23. The van der Waals surface area contributed by atoms with Gasteiger partial charge in [0.15, 0.2) is 0 Å². The van der Waals surface area contributed by atoms with E-state index in [1.54, 1.807) is 0 Å². The summed E-state index contributed by atoms with van der Waals surface area (Å²) in [5.74, 6) is 0.0808. The minimum absolute atomic E-state index is 0.259. The monoisotopic (exact) mass is 339 g/mol. The maximum atomic E-state index is 10.8. The Labute approximate surface area is 129 Å². The van der Waals surface area contributed by atoms with E-state index < -0.39 is 5.97 Å². The zero-order valence-electron chi connectivity index (χ0n) is 11.9. The Hall–Kier alpha value is -0.870. The van der Waals surface area contributed by atoms with Crippen LogP contribution in [0.4, 0.5) is 0 Å². The molecular weight excluding hydrogens is 318 g/mol. The number of hydrogen-bond donors (Lipinski definition) is 1. The van der Waals surface area contributed by atoms with E-state index in [0.29, 0.717) is 5.92 Å². The van der Waals surface area contributed by atoms with Crippen LogP contribution in [0.5, 0.6) is 0 Å². The minimum Gasteiger partial charge on any atom is -0.481 e. The number of rotatable bonds is 5. The van der Waals surface area contributed by atoms with Crippen LogP contribution in [-0.4, -0.2) is 29.1 Å². The van der Waals surface area contributed by atoms with Crippen molar-refractivity contribution in [1.29, 1.82) is 0 Å². The van der Waals surface area contributed by atoms with E-state index in [2.05, 4.69) is 46.0 Å². The maximum absolute atomic E-state index is 10.8. The van der Waals surface area contributed by atoms with Crippen molar-refractivity contribution in [2.75, 3.05) is 13.1 Å². The van der Waals surface area contributed by atoms with Gasteiger partial charge in [-0.1, -0.05) is 41.1 Å². The average Bonchev–Trinajstić information content (AvgIpc) is 2.41. The van der Waals surface area contributed by atoms with Crippen molar-refractivity contribution in [3.8, 4) is 0 Å². The topological polar surface area (TPSA) is 40.5 Å². The molecule has 4 heteroatoms. The Morgan fingerprint density at radius 1 is 1.50 bits per heavy atom. The van der Waals surface area contributed by atoms with Crippen molar-refractivity contribution in [3.63, 3.8) is 0 Å². The van der Waals surface area contributed by atoms with Crippen molar-refractivity contribution in [3.05, 3.63) is 34.3 Å². The van der Waals surface area contributed by atoms with Crippen LogP contribution in [0.25, 0.3) is 0 Å². The van der Waals surface area contributed by atoms with Gasteiger partial charge in [-0.25, -0.2) is 0 Å². The molecule has 1 aliphatic heterocycles. The minimum atomic E-state index is -0.680. The molecule has 0 bridgehead atoms. The lowest BCUT2D eigenvalue weighted by molar-refractivity contribution is -0.138. The van der Waals surface area contributed by atoms with Crippen LogP contribution in [0.1, 0.15) is 31.7 Å². The van der Waals surface area contributed by atoms with Crippen molar-refractivity contribution in [2.24, 2.45) is 11.8 Å². The summed E-state index contributed by atoms with van der Waals surface area (Å²) in [4.78, 5) is 13.3. The highest BCUT2D eigenvalue weighted by atomic mass is 79.9. The number of hydrogen-bond acceptors (Lipinski definition) is 2. The summed E-state index contributed by atoms with van der Waals surface area (Å²) in [6.07, 6.45) is 2.60. The molecule has 1 fully saturated rings. The lowest BCUT2D eigenvalue weighted by Gasteiger charge is -2.35. The van der Waals surface area contributed by atoms with Gasteiger partial charge in [0.2, 0.25) is 0 Å². The molecule has 2 rings (SSSR count). The average molecular weight is 340 g/mol. The molecule has 1 aromatic carbocycles. The number of benzene rings is 1. The summed E-state index contributed by atoms with van der Waals surface area (Å²) in [5, 5.41) is 8.93. The molecular formula is C16H22BrNO2. The van der Waals surface area contributed by atoms with E-state index in [1.807, 2.05) is 6.07 Å². The first-order chi connectivity index (χ1) is 9.56. The summed E-state index contributed by atoms with van der Waals surface area (Å²) in [6.45, 7) is 5.13. The Balaban J connectivity index is 1.93. The van der Waals surface area contributed by atoms with Gasteiger partial charge in [-0.15, -0.1) is 0 Å². The zero-order chi connectivity index (χ0) is 14.5. The quantitative estimate of drug-likeness (QED) is 0.887. The second-order valence-electron chi connectivity index (χ2n) is 5.80. The number of halogens is 1. The molecule has 20 heavy (non-hydrogen) atoms. The summed E-state index contributed by atoms with van der Waals surface area (Å²) in [7, 11) is 0.